The van der Waals surface area contributed by atoms with E-state index in [0.29, 0.717) is 23.5 Å². The van der Waals surface area contributed by atoms with Crippen LogP contribution < -0.4 is 0 Å². The number of aliphatic hydroxyl groups excluding tert-OH is 1. The minimum atomic E-state index is -0.522. The summed E-state index contributed by atoms with van der Waals surface area (Å²) >= 11 is 9.57. The number of likely N-dealkylation sites (tertiary alicyclic amines) is 1. The van der Waals surface area contributed by atoms with Gasteiger partial charge in [0.05, 0.1) is 12.2 Å². The van der Waals surface area contributed by atoms with Gasteiger partial charge in [0.2, 0.25) is 0 Å². The molecule has 3 unspecified atom stereocenters. The molecule has 2 rings (SSSR count). The monoisotopic (exact) mass is 375 g/mol. The van der Waals surface area contributed by atoms with Gasteiger partial charge in [-0.3, -0.25) is 0 Å². The van der Waals surface area contributed by atoms with E-state index in [2.05, 4.69) is 27.8 Å². The first-order valence-corrected chi connectivity index (χ1v) is 8.56. The highest BCUT2D eigenvalue weighted by Crippen LogP contribution is 2.29. The van der Waals surface area contributed by atoms with Crippen molar-refractivity contribution in [1.29, 1.82) is 0 Å². The van der Waals surface area contributed by atoms with Crippen LogP contribution in [0.3, 0.4) is 0 Å². The molecule has 1 aromatic carbocycles. The zero-order chi connectivity index (χ0) is 15.4. The van der Waals surface area contributed by atoms with E-state index in [0.717, 1.165) is 36.1 Å². The third kappa shape index (κ3) is 4.67. The van der Waals surface area contributed by atoms with Gasteiger partial charge in [-0.25, -0.2) is 0 Å². The van der Waals surface area contributed by atoms with Gasteiger partial charge in [0.1, 0.15) is 0 Å². The molecule has 0 saturated carbocycles. The number of benzene rings is 1. The molecule has 21 heavy (non-hydrogen) atoms. The van der Waals surface area contributed by atoms with Crippen molar-refractivity contribution in [3.63, 3.8) is 0 Å². The van der Waals surface area contributed by atoms with Crippen molar-refractivity contribution in [2.45, 2.75) is 32.0 Å². The molecular formula is C16H23BrClNO2. The summed E-state index contributed by atoms with van der Waals surface area (Å²) in [6.45, 7) is 5.11. The molecule has 118 valence electrons. The normalized spacial score (nSPS) is 25.0. The lowest BCUT2D eigenvalue weighted by molar-refractivity contribution is -0.00867. The Bertz CT molecular complexity index is 472. The number of aliphatic hydroxyl groups is 1. The molecule has 0 radical (unpaired) electrons. The number of methoxy groups -OCH3 is 1. The van der Waals surface area contributed by atoms with Crippen LogP contribution in [0.1, 0.15) is 31.4 Å². The topological polar surface area (TPSA) is 32.7 Å². The fourth-order valence-corrected chi connectivity index (χ4v) is 3.64. The largest absolute Gasteiger partial charge is 0.388 e. The fraction of sp³-hybridized carbons (Fsp3) is 0.625. The van der Waals surface area contributed by atoms with Gasteiger partial charge in [0, 0.05) is 29.7 Å². The van der Waals surface area contributed by atoms with Crippen LogP contribution in [-0.4, -0.2) is 42.9 Å². The molecule has 1 aromatic rings. The van der Waals surface area contributed by atoms with Crippen molar-refractivity contribution < 1.29 is 9.84 Å². The van der Waals surface area contributed by atoms with E-state index in [1.54, 1.807) is 7.11 Å². The van der Waals surface area contributed by atoms with Crippen molar-refractivity contribution in [2.75, 3.05) is 26.7 Å². The van der Waals surface area contributed by atoms with Crippen molar-refractivity contribution in [2.24, 2.45) is 5.92 Å². The number of hydrogen-bond acceptors (Lipinski definition) is 3. The lowest BCUT2D eigenvalue weighted by Gasteiger charge is -2.36. The summed E-state index contributed by atoms with van der Waals surface area (Å²) in [5.41, 5.74) is 0.800. The standard InChI is InChI=1S/C16H23BrClNO2/c1-11-5-7-19(10-16(11)21-2)8-6-15(20)13-4-3-12(17)9-14(13)18/h3-4,9,11,15-16,20H,5-8,10H2,1-2H3. The number of rotatable bonds is 5. The second-order valence-corrected chi connectivity index (χ2v) is 7.13. The molecule has 0 amide bonds. The highest BCUT2D eigenvalue weighted by Gasteiger charge is 2.26. The second-order valence-electron chi connectivity index (χ2n) is 5.81. The van der Waals surface area contributed by atoms with Gasteiger partial charge in [-0.05, 0) is 43.0 Å². The number of nitrogens with zero attached hydrogens (tertiary/aromatic N) is 1. The maximum atomic E-state index is 10.3. The number of ether oxygens (including phenoxy) is 1. The molecule has 3 atom stereocenters. The van der Waals surface area contributed by atoms with E-state index in [9.17, 15) is 5.11 Å². The van der Waals surface area contributed by atoms with Crippen molar-refractivity contribution in [3.05, 3.63) is 33.3 Å². The van der Waals surface area contributed by atoms with Crippen molar-refractivity contribution in [3.8, 4) is 0 Å². The third-order valence-corrected chi connectivity index (χ3v) is 5.14. The van der Waals surface area contributed by atoms with E-state index >= 15 is 0 Å². The molecule has 0 aliphatic carbocycles. The number of hydrogen-bond donors (Lipinski definition) is 1. The molecule has 0 spiro atoms. The van der Waals surface area contributed by atoms with Crippen LogP contribution in [0.4, 0.5) is 0 Å². The highest BCUT2D eigenvalue weighted by molar-refractivity contribution is 9.10. The molecule has 1 saturated heterocycles. The lowest BCUT2D eigenvalue weighted by Crippen LogP contribution is -2.44. The average Bonchev–Trinajstić information content (AvgIpc) is 2.46. The summed E-state index contributed by atoms with van der Waals surface area (Å²) in [6.07, 6.45) is 1.61. The summed E-state index contributed by atoms with van der Waals surface area (Å²) in [6, 6.07) is 5.62. The predicted molar refractivity (Wildman–Crippen MR) is 89.7 cm³/mol. The Morgan fingerprint density at radius 2 is 2.29 bits per heavy atom. The van der Waals surface area contributed by atoms with Gasteiger partial charge < -0.3 is 14.7 Å². The minimum absolute atomic E-state index is 0.298. The van der Waals surface area contributed by atoms with E-state index in [-0.39, 0.29) is 0 Å². The molecular weight excluding hydrogens is 354 g/mol. The Morgan fingerprint density at radius 1 is 1.52 bits per heavy atom. The third-order valence-electron chi connectivity index (χ3n) is 4.32. The summed E-state index contributed by atoms with van der Waals surface area (Å²) in [5, 5.41) is 11.0. The van der Waals surface area contributed by atoms with Crippen LogP contribution in [-0.2, 0) is 4.74 Å². The average molecular weight is 377 g/mol. The molecule has 1 N–H and O–H groups in total. The first kappa shape index (κ1) is 17.2. The van der Waals surface area contributed by atoms with Gasteiger partial charge in [-0.1, -0.05) is 40.5 Å². The zero-order valence-electron chi connectivity index (χ0n) is 12.6. The Morgan fingerprint density at radius 3 is 2.95 bits per heavy atom. The molecule has 0 aromatic heterocycles. The number of halogens is 2. The molecule has 1 fully saturated rings. The number of piperidine rings is 1. The lowest BCUT2D eigenvalue weighted by atomic mass is 9.95. The Hall–Kier alpha value is -0.130. The molecule has 3 nitrogen and oxygen atoms in total. The van der Waals surface area contributed by atoms with Crippen LogP contribution in [0.2, 0.25) is 5.02 Å². The van der Waals surface area contributed by atoms with Gasteiger partial charge in [-0.15, -0.1) is 0 Å². The summed E-state index contributed by atoms with van der Waals surface area (Å²) in [7, 11) is 1.78. The minimum Gasteiger partial charge on any atom is -0.388 e. The van der Waals surface area contributed by atoms with Gasteiger partial charge in [0.25, 0.3) is 0 Å². The van der Waals surface area contributed by atoms with Crippen molar-refractivity contribution >= 4 is 27.5 Å². The maximum absolute atomic E-state index is 10.3. The first-order chi connectivity index (χ1) is 10.0. The fourth-order valence-electron chi connectivity index (χ4n) is 2.84. The molecule has 1 aliphatic rings. The Labute approximate surface area is 140 Å². The van der Waals surface area contributed by atoms with Crippen LogP contribution in [0, 0.1) is 5.92 Å². The van der Waals surface area contributed by atoms with Crippen LogP contribution >= 0.6 is 27.5 Å². The SMILES string of the molecule is COC1CN(CCC(O)c2ccc(Br)cc2Cl)CCC1C. The summed E-state index contributed by atoms with van der Waals surface area (Å²) in [4.78, 5) is 2.37. The maximum Gasteiger partial charge on any atom is 0.0816 e. The van der Waals surface area contributed by atoms with E-state index < -0.39 is 6.10 Å². The van der Waals surface area contributed by atoms with Crippen LogP contribution in [0.5, 0.6) is 0 Å². The summed E-state index contributed by atoms with van der Waals surface area (Å²) in [5.74, 6) is 0.608. The Balaban J connectivity index is 1.87. The van der Waals surface area contributed by atoms with E-state index in [1.807, 2.05) is 18.2 Å². The predicted octanol–water partition coefficient (Wildman–Crippen LogP) is 3.88. The first-order valence-electron chi connectivity index (χ1n) is 7.39. The zero-order valence-corrected chi connectivity index (χ0v) is 14.9. The second kappa shape index (κ2) is 7.93. The van der Waals surface area contributed by atoms with Gasteiger partial charge in [-0.2, -0.15) is 0 Å². The van der Waals surface area contributed by atoms with E-state index in [4.69, 9.17) is 16.3 Å². The van der Waals surface area contributed by atoms with Crippen molar-refractivity contribution in [1.82, 2.24) is 4.90 Å². The van der Waals surface area contributed by atoms with E-state index in [1.165, 1.54) is 0 Å². The molecule has 1 aliphatic heterocycles. The smallest absolute Gasteiger partial charge is 0.0816 e. The molecule has 1 heterocycles. The molecule has 5 heteroatoms. The van der Waals surface area contributed by atoms with Gasteiger partial charge in [0.15, 0.2) is 0 Å². The quantitative estimate of drug-likeness (QED) is 0.846. The summed E-state index contributed by atoms with van der Waals surface area (Å²) < 4.78 is 6.45. The Kier molecular flexibility index (Phi) is 6.51. The van der Waals surface area contributed by atoms with Crippen LogP contribution in [0.15, 0.2) is 22.7 Å². The van der Waals surface area contributed by atoms with Gasteiger partial charge >= 0.3 is 0 Å². The van der Waals surface area contributed by atoms with Crippen LogP contribution in [0.25, 0.3) is 0 Å². The highest BCUT2D eigenvalue weighted by atomic mass is 79.9. The molecule has 0 bridgehead atoms.